The first-order valence-corrected chi connectivity index (χ1v) is 3.84. The molecule has 5 nitrogen and oxygen atoms in total. The van der Waals surface area contributed by atoms with Gasteiger partial charge in [0.15, 0.2) is 6.29 Å². The van der Waals surface area contributed by atoms with Crippen molar-refractivity contribution in [2.45, 2.75) is 31.0 Å². The van der Waals surface area contributed by atoms with Crippen LogP contribution in [0.5, 0.6) is 0 Å². The second-order valence-corrected chi connectivity index (χ2v) is 2.83. The predicted octanol–water partition coefficient (Wildman–Crippen LogP) is -1.54. The number of aliphatic hydroxyl groups is 3. The van der Waals surface area contributed by atoms with Crippen LogP contribution in [0.3, 0.4) is 0 Å². The Hall–Kier alpha value is -0.200. The maximum atomic E-state index is 9.26. The zero-order chi connectivity index (χ0) is 9.14. The van der Waals surface area contributed by atoms with Gasteiger partial charge in [-0.25, -0.2) is 0 Å². The van der Waals surface area contributed by atoms with Gasteiger partial charge in [0.25, 0.3) is 0 Å². The smallest absolute Gasteiger partial charge is 0.183 e. The van der Waals surface area contributed by atoms with Gasteiger partial charge in [-0.15, -0.1) is 0 Å². The van der Waals surface area contributed by atoms with Crippen LogP contribution in [0.1, 0.15) is 6.42 Å². The van der Waals surface area contributed by atoms with Gasteiger partial charge in [-0.1, -0.05) is 0 Å². The molecule has 1 heterocycles. The fourth-order valence-electron chi connectivity index (χ4n) is 1.25. The van der Waals surface area contributed by atoms with E-state index in [1.54, 1.807) is 0 Å². The summed E-state index contributed by atoms with van der Waals surface area (Å²) in [6.07, 6.45) is -2.59. The molecule has 5 heteroatoms. The summed E-state index contributed by atoms with van der Waals surface area (Å²) in [4.78, 5) is 0. The minimum atomic E-state index is -0.945. The SMILES string of the molecule is CO[C@H]1O[C@H]([C@H](O)CO)C[C@@H]1O. The predicted molar refractivity (Wildman–Crippen MR) is 39.4 cm³/mol. The van der Waals surface area contributed by atoms with Crippen molar-refractivity contribution in [3.8, 4) is 0 Å². The summed E-state index contributed by atoms with van der Waals surface area (Å²) in [6.45, 7) is -0.367. The summed E-state index contributed by atoms with van der Waals surface area (Å²) in [7, 11) is 1.42. The Morgan fingerprint density at radius 3 is 2.75 bits per heavy atom. The van der Waals surface area contributed by atoms with Crippen LogP contribution in [0.4, 0.5) is 0 Å². The lowest BCUT2D eigenvalue weighted by Gasteiger charge is -2.15. The molecule has 12 heavy (non-hydrogen) atoms. The molecule has 0 aliphatic carbocycles. The molecule has 1 fully saturated rings. The molecule has 4 atom stereocenters. The zero-order valence-electron chi connectivity index (χ0n) is 6.88. The molecule has 0 aromatic carbocycles. The van der Waals surface area contributed by atoms with Crippen molar-refractivity contribution in [1.29, 1.82) is 0 Å². The third kappa shape index (κ3) is 1.94. The molecule has 3 N–H and O–H groups in total. The van der Waals surface area contributed by atoms with Gasteiger partial charge in [-0.2, -0.15) is 0 Å². The molecule has 1 aliphatic heterocycles. The molecule has 72 valence electrons. The van der Waals surface area contributed by atoms with Gasteiger partial charge < -0.3 is 24.8 Å². The van der Waals surface area contributed by atoms with E-state index in [1.807, 2.05) is 0 Å². The highest BCUT2D eigenvalue weighted by atomic mass is 16.7. The van der Waals surface area contributed by atoms with E-state index in [2.05, 4.69) is 0 Å². The Kier molecular flexibility index (Phi) is 3.42. The van der Waals surface area contributed by atoms with Gasteiger partial charge in [0.2, 0.25) is 0 Å². The number of hydrogen-bond donors (Lipinski definition) is 3. The van der Waals surface area contributed by atoms with Crippen molar-refractivity contribution >= 4 is 0 Å². The minimum absolute atomic E-state index is 0.292. The normalized spacial score (nSPS) is 38.5. The standard InChI is InChI=1S/C7H14O5/c1-11-7-4(9)2-6(12-7)5(10)3-8/h4-10H,2-3H2,1H3/t4-,5+,6-,7-/m0/s1. The van der Waals surface area contributed by atoms with Gasteiger partial charge in [-0.3, -0.25) is 0 Å². The third-order valence-electron chi connectivity index (χ3n) is 1.95. The highest BCUT2D eigenvalue weighted by Gasteiger charge is 2.37. The second kappa shape index (κ2) is 4.15. The fraction of sp³-hybridized carbons (Fsp3) is 1.00. The second-order valence-electron chi connectivity index (χ2n) is 2.83. The van der Waals surface area contributed by atoms with Gasteiger partial charge >= 0.3 is 0 Å². The number of rotatable bonds is 3. The molecule has 0 aromatic rings. The number of hydrogen-bond acceptors (Lipinski definition) is 5. The van der Waals surface area contributed by atoms with E-state index in [4.69, 9.17) is 19.7 Å². The molecule has 0 bridgehead atoms. The highest BCUT2D eigenvalue weighted by molar-refractivity contribution is 4.81. The lowest BCUT2D eigenvalue weighted by atomic mass is 10.1. The molecule has 0 aromatic heterocycles. The van der Waals surface area contributed by atoms with Gasteiger partial charge in [0.05, 0.1) is 12.7 Å². The summed E-state index contributed by atoms with van der Waals surface area (Å²) in [5.41, 5.74) is 0. The van der Waals surface area contributed by atoms with Crippen LogP contribution in [-0.4, -0.2) is 53.6 Å². The number of ether oxygens (including phenoxy) is 2. The van der Waals surface area contributed by atoms with Gasteiger partial charge in [0.1, 0.15) is 12.2 Å². The average molecular weight is 178 g/mol. The number of methoxy groups -OCH3 is 1. The van der Waals surface area contributed by atoms with Crippen molar-refractivity contribution in [2.75, 3.05) is 13.7 Å². The molecular weight excluding hydrogens is 164 g/mol. The summed E-state index contributed by atoms with van der Waals surface area (Å²) < 4.78 is 9.88. The Bertz CT molecular complexity index is 140. The summed E-state index contributed by atoms with van der Waals surface area (Å²) in [5, 5.41) is 27.0. The van der Waals surface area contributed by atoms with Gasteiger partial charge in [0, 0.05) is 13.5 Å². The molecule has 0 amide bonds. The van der Waals surface area contributed by atoms with Crippen LogP contribution in [0.15, 0.2) is 0 Å². The Balaban J connectivity index is 2.42. The molecule has 0 radical (unpaired) electrons. The molecule has 0 spiro atoms. The highest BCUT2D eigenvalue weighted by Crippen LogP contribution is 2.22. The molecule has 1 rings (SSSR count). The first-order valence-electron chi connectivity index (χ1n) is 3.84. The summed E-state index contributed by atoms with van der Waals surface area (Å²) >= 11 is 0. The van der Waals surface area contributed by atoms with Crippen LogP contribution in [0, 0.1) is 0 Å². The average Bonchev–Trinajstić information content (AvgIpc) is 2.45. The van der Waals surface area contributed by atoms with Crippen molar-refractivity contribution in [3.63, 3.8) is 0 Å². The van der Waals surface area contributed by atoms with E-state index in [9.17, 15) is 5.11 Å². The van der Waals surface area contributed by atoms with Crippen LogP contribution in [0.25, 0.3) is 0 Å². The lowest BCUT2D eigenvalue weighted by molar-refractivity contribution is -0.166. The van der Waals surface area contributed by atoms with E-state index in [0.29, 0.717) is 6.42 Å². The van der Waals surface area contributed by atoms with Crippen molar-refractivity contribution in [1.82, 2.24) is 0 Å². The maximum Gasteiger partial charge on any atom is 0.183 e. The summed E-state index contributed by atoms with van der Waals surface area (Å²) in [6, 6.07) is 0. The topological polar surface area (TPSA) is 79.2 Å². The monoisotopic (exact) mass is 178 g/mol. The van der Waals surface area contributed by atoms with E-state index < -0.39 is 24.6 Å². The quantitative estimate of drug-likeness (QED) is 0.488. The Labute approximate surface area is 70.5 Å². The third-order valence-corrected chi connectivity index (χ3v) is 1.95. The first kappa shape index (κ1) is 9.88. The van der Waals surface area contributed by atoms with E-state index in [0.717, 1.165) is 0 Å². The lowest BCUT2D eigenvalue weighted by Crippen LogP contribution is -2.29. The van der Waals surface area contributed by atoms with Crippen LogP contribution in [0.2, 0.25) is 0 Å². The van der Waals surface area contributed by atoms with E-state index >= 15 is 0 Å². The largest absolute Gasteiger partial charge is 0.394 e. The Morgan fingerprint density at radius 2 is 2.33 bits per heavy atom. The van der Waals surface area contributed by atoms with Crippen molar-refractivity contribution < 1.29 is 24.8 Å². The van der Waals surface area contributed by atoms with Crippen LogP contribution in [-0.2, 0) is 9.47 Å². The molecule has 0 unspecified atom stereocenters. The first-order chi connectivity index (χ1) is 5.69. The van der Waals surface area contributed by atoms with Crippen LogP contribution >= 0.6 is 0 Å². The molecule has 1 aliphatic rings. The maximum absolute atomic E-state index is 9.26. The fourth-order valence-corrected chi connectivity index (χ4v) is 1.25. The van der Waals surface area contributed by atoms with E-state index in [1.165, 1.54) is 7.11 Å². The summed E-state index contributed by atoms with van der Waals surface area (Å²) in [5.74, 6) is 0. The molecule has 0 saturated carbocycles. The van der Waals surface area contributed by atoms with Crippen LogP contribution < -0.4 is 0 Å². The van der Waals surface area contributed by atoms with Crippen molar-refractivity contribution in [3.05, 3.63) is 0 Å². The molecule has 1 saturated heterocycles. The van der Waals surface area contributed by atoms with E-state index in [-0.39, 0.29) is 6.61 Å². The van der Waals surface area contributed by atoms with Crippen molar-refractivity contribution in [2.24, 2.45) is 0 Å². The zero-order valence-corrected chi connectivity index (χ0v) is 6.88. The minimum Gasteiger partial charge on any atom is -0.394 e. The van der Waals surface area contributed by atoms with Gasteiger partial charge in [-0.05, 0) is 0 Å². The Morgan fingerprint density at radius 1 is 1.67 bits per heavy atom. The molecular formula is C7H14O5. The number of aliphatic hydroxyl groups excluding tert-OH is 3.